The van der Waals surface area contributed by atoms with Crippen molar-refractivity contribution in [3.05, 3.63) is 88.9 Å². The van der Waals surface area contributed by atoms with E-state index in [-0.39, 0.29) is 12.5 Å². The number of carbonyl (C=O) groups is 3. The van der Waals surface area contributed by atoms with Gasteiger partial charge in [0.15, 0.2) is 18.1 Å². The third-order valence-corrected chi connectivity index (χ3v) is 4.78. The van der Waals surface area contributed by atoms with E-state index in [2.05, 4.69) is 21.2 Å². The minimum atomic E-state index is -0.949. The summed E-state index contributed by atoms with van der Waals surface area (Å²) in [4.78, 5) is 36.0. The van der Waals surface area contributed by atoms with Gasteiger partial charge in [-0.2, -0.15) is 5.10 Å². The lowest BCUT2D eigenvalue weighted by molar-refractivity contribution is -0.136. The monoisotopic (exact) mass is 494 g/mol. The molecule has 0 saturated carbocycles. The highest BCUT2D eigenvalue weighted by Crippen LogP contribution is 2.27. The molecule has 0 aliphatic carbocycles. The van der Waals surface area contributed by atoms with Crippen molar-refractivity contribution >= 4 is 41.2 Å². The second-order valence-electron chi connectivity index (χ2n) is 7.12. The number of carbonyl (C=O) groups excluding carboxylic acids is 3. The summed E-state index contributed by atoms with van der Waals surface area (Å²) in [5, 5.41) is 9.41. The van der Waals surface area contributed by atoms with Crippen molar-refractivity contribution in [2.45, 2.75) is 6.54 Å². The minimum absolute atomic E-state index is 0.186. The maximum absolute atomic E-state index is 12.1. The van der Waals surface area contributed by atoms with Crippen LogP contribution in [0.1, 0.15) is 11.1 Å². The molecule has 0 heterocycles. The smallest absolute Gasteiger partial charge is 0.329 e. The van der Waals surface area contributed by atoms with Crippen LogP contribution < -0.4 is 25.5 Å². The van der Waals surface area contributed by atoms with Gasteiger partial charge in [0.1, 0.15) is 0 Å². The van der Waals surface area contributed by atoms with Gasteiger partial charge in [0.25, 0.3) is 5.91 Å². The summed E-state index contributed by atoms with van der Waals surface area (Å²) in [5.74, 6) is -1.38. The molecule has 0 atom stereocenters. The Labute approximate surface area is 207 Å². The van der Waals surface area contributed by atoms with E-state index in [1.807, 2.05) is 30.3 Å². The fourth-order valence-corrected chi connectivity index (χ4v) is 3.04. The van der Waals surface area contributed by atoms with Gasteiger partial charge < -0.3 is 20.1 Å². The number of halogens is 1. The van der Waals surface area contributed by atoms with E-state index >= 15 is 0 Å². The molecule has 0 aliphatic heterocycles. The molecule has 35 heavy (non-hydrogen) atoms. The van der Waals surface area contributed by atoms with Crippen LogP contribution in [0.4, 0.5) is 5.69 Å². The average Bonchev–Trinajstić information content (AvgIpc) is 2.87. The average molecular weight is 495 g/mol. The number of hydrogen-bond acceptors (Lipinski definition) is 6. The molecular formula is C25H23ClN4O5. The third kappa shape index (κ3) is 8.17. The van der Waals surface area contributed by atoms with Crippen molar-refractivity contribution < 1.29 is 23.9 Å². The molecule has 3 amide bonds. The van der Waals surface area contributed by atoms with Gasteiger partial charge >= 0.3 is 11.8 Å². The fourth-order valence-electron chi connectivity index (χ4n) is 2.84. The van der Waals surface area contributed by atoms with Crippen LogP contribution >= 0.6 is 11.6 Å². The maximum Gasteiger partial charge on any atom is 0.329 e. The summed E-state index contributed by atoms with van der Waals surface area (Å²) in [6, 6.07) is 20.8. The fraction of sp³-hybridized carbons (Fsp3) is 0.120. The van der Waals surface area contributed by atoms with Gasteiger partial charge in [0.2, 0.25) is 0 Å². The van der Waals surface area contributed by atoms with Gasteiger partial charge in [0.05, 0.1) is 13.3 Å². The zero-order valence-electron chi connectivity index (χ0n) is 18.8. The van der Waals surface area contributed by atoms with Crippen LogP contribution in [-0.4, -0.2) is 37.7 Å². The quantitative estimate of drug-likeness (QED) is 0.240. The van der Waals surface area contributed by atoms with E-state index < -0.39 is 11.8 Å². The van der Waals surface area contributed by atoms with Crippen molar-refractivity contribution in [3.63, 3.8) is 0 Å². The number of nitrogens with zero attached hydrogens (tertiary/aromatic N) is 1. The van der Waals surface area contributed by atoms with Gasteiger partial charge in [-0.1, -0.05) is 48.0 Å². The Balaban J connectivity index is 1.49. The highest BCUT2D eigenvalue weighted by atomic mass is 35.5. The highest BCUT2D eigenvalue weighted by molar-refractivity contribution is 6.39. The molecule has 3 N–H and O–H groups in total. The van der Waals surface area contributed by atoms with Crippen molar-refractivity contribution in [2.75, 3.05) is 19.0 Å². The van der Waals surface area contributed by atoms with Crippen molar-refractivity contribution in [3.8, 4) is 11.5 Å². The third-order valence-electron chi connectivity index (χ3n) is 4.55. The Morgan fingerprint density at radius 2 is 1.74 bits per heavy atom. The summed E-state index contributed by atoms with van der Waals surface area (Å²) in [5.41, 5.74) is 4.08. The molecule has 0 bridgehead atoms. The predicted octanol–water partition coefficient (Wildman–Crippen LogP) is 3.13. The topological polar surface area (TPSA) is 118 Å². The zero-order valence-corrected chi connectivity index (χ0v) is 19.5. The summed E-state index contributed by atoms with van der Waals surface area (Å²) in [6.45, 7) is 0.215. The molecule has 180 valence electrons. The number of methoxy groups -OCH3 is 1. The minimum Gasteiger partial charge on any atom is -0.493 e. The van der Waals surface area contributed by atoms with Gasteiger partial charge in [0, 0.05) is 17.3 Å². The second kappa shape index (κ2) is 12.8. The molecule has 3 aromatic rings. The lowest BCUT2D eigenvalue weighted by atomic mass is 10.2. The van der Waals surface area contributed by atoms with Gasteiger partial charge in [-0.15, -0.1) is 0 Å². The number of hydrazone groups is 1. The molecule has 0 spiro atoms. The first kappa shape index (κ1) is 25.3. The Bertz CT molecular complexity index is 1220. The lowest BCUT2D eigenvalue weighted by Crippen LogP contribution is -2.32. The lowest BCUT2D eigenvalue weighted by Gasteiger charge is -2.11. The standard InChI is InChI=1S/C25H23ClN4O5/c1-34-22-12-18(15-28-30-25(33)24(32)29-20-9-5-8-19(26)13-20)10-11-21(22)35-16-23(31)27-14-17-6-3-2-4-7-17/h2-13,15H,14,16H2,1H3,(H,27,31)(H,29,32)(H,30,33)/b28-15+. The maximum atomic E-state index is 12.1. The largest absolute Gasteiger partial charge is 0.493 e. The Morgan fingerprint density at radius 1 is 0.943 bits per heavy atom. The molecule has 3 rings (SSSR count). The molecule has 0 aromatic heterocycles. The Hall–Kier alpha value is -4.37. The van der Waals surface area contributed by atoms with Gasteiger partial charge in [-0.3, -0.25) is 14.4 Å². The molecule has 0 aliphatic rings. The Morgan fingerprint density at radius 3 is 2.49 bits per heavy atom. The van der Waals surface area contributed by atoms with E-state index in [0.29, 0.717) is 34.3 Å². The number of anilines is 1. The van der Waals surface area contributed by atoms with E-state index in [1.165, 1.54) is 19.4 Å². The van der Waals surface area contributed by atoms with Crippen LogP contribution in [0.15, 0.2) is 77.9 Å². The summed E-state index contributed by atoms with van der Waals surface area (Å²) in [6.07, 6.45) is 1.34. The summed E-state index contributed by atoms with van der Waals surface area (Å²) < 4.78 is 10.9. The Kier molecular flexibility index (Phi) is 9.21. The molecule has 0 fully saturated rings. The SMILES string of the molecule is COc1cc(/C=N/NC(=O)C(=O)Nc2cccc(Cl)c2)ccc1OCC(=O)NCc1ccccc1. The van der Waals surface area contributed by atoms with Gasteiger partial charge in [-0.25, -0.2) is 5.43 Å². The van der Waals surface area contributed by atoms with Crippen LogP contribution in [0.3, 0.4) is 0 Å². The van der Waals surface area contributed by atoms with Crippen molar-refractivity contribution in [1.82, 2.24) is 10.7 Å². The summed E-state index contributed by atoms with van der Waals surface area (Å²) >= 11 is 5.85. The van der Waals surface area contributed by atoms with Crippen LogP contribution in [0, 0.1) is 0 Å². The first-order chi connectivity index (χ1) is 16.9. The molecule has 0 saturated heterocycles. The highest BCUT2D eigenvalue weighted by Gasteiger charge is 2.13. The van der Waals surface area contributed by atoms with E-state index in [9.17, 15) is 14.4 Å². The molecule has 0 radical (unpaired) electrons. The van der Waals surface area contributed by atoms with Crippen molar-refractivity contribution in [2.24, 2.45) is 5.10 Å². The van der Waals surface area contributed by atoms with Crippen LogP contribution in [0.5, 0.6) is 11.5 Å². The molecular weight excluding hydrogens is 472 g/mol. The zero-order chi connectivity index (χ0) is 25.0. The number of amides is 3. The predicted molar refractivity (Wildman–Crippen MR) is 133 cm³/mol. The summed E-state index contributed by atoms with van der Waals surface area (Å²) in [7, 11) is 1.46. The van der Waals surface area contributed by atoms with E-state index in [1.54, 1.807) is 36.4 Å². The number of benzene rings is 3. The van der Waals surface area contributed by atoms with Crippen LogP contribution in [0.2, 0.25) is 5.02 Å². The van der Waals surface area contributed by atoms with Gasteiger partial charge in [-0.05, 0) is 47.5 Å². The first-order valence-corrected chi connectivity index (χ1v) is 10.8. The molecule has 3 aromatic carbocycles. The van der Waals surface area contributed by atoms with Crippen molar-refractivity contribution in [1.29, 1.82) is 0 Å². The van der Waals surface area contributed by atoms with Crippen LogP contribution in [-0.2, 0) is 20.9 Å². The van der Waals surface area contributed by atoms with E-state index in [4.69, 9.17) is 21.1 Å². The molecule has 0 unspecified atom stereocenters. The number of hydrogen-bond donors (Lipinski definition) is 3. The first-order valence-electron chi connectivity index (χ1n) is 10.5. The van der Waals surface area contributed by atoms with Crippen LogP contribution in [0.25, 0.3) is 0 Å². The molecule has 10 heteroatoms. The molecule has 9 nitrogen and oxygen atoms in total. The number of ether oxygens (including phenoxy) is 2. The normalized spacial score (nSPS) is 10.5. The number of nitrogens with one attached hydrogen (secondary N) is 3. The number of rotatable bonds is 9. The van der Waals surface area contributed by atoms with E-state index in [0.717, 1.165) is 5.56 Å². The second-order valence-corrected chi connectivity index (χ2v) is 7.56.